The van der Waals surface area contributed by atoms with Crippen molar-refractivity contribution < 1.29 is 0 Å². The maximum Gasteiger partial charge on any atom is 0.188 e. The van der Waals surface area contributed by atoms with Crippen molar-refractivity contribution in [3.05, 3.63) is 5.82 Å². The molecule has 1 aromatic rings. The Morgan fingerprint density at radius 3 is 2.79 bits per heavy atom. The molecule has 0 spiro atoms. The zero-order valence-corrected chi connectivity index (χ0v) is 8.53. The van der Waals surface area contributed by atoms with Crippen LogP contribution in [-0.2, 0) is 6.54 Å². The largest absolute Gasteiger partial charge is 0.307 e. The lowest BCUT2D eigenvalue weighted by Gasteiger charge is -2.26. The van der Waals surface area contributed by atoms with Crippen molar-refractivity contribution in [3.63, 3.8) is 0 Å². The van der Waals surface area contributed by atoms with Gasteiger partial charge < -0.3 is 5.32 Å². The Labute approximate surface area is 83.7 Å². The van der Waals surface area contributed by atoms with Gasteiger partial charge >= 0.3 is 0 Å². The average molecular weight is 195 g/mol. The number of aromatic nitrogens is 4. The smallest absolute Gasteiger partial charge is 0.188 e. The number of tetrazole rings is 1. The highest BCUT2D eigenvalue weighted by Crippen LogP contribution is 2.23. The lowest BCUT2D eigenvalue weighted by atomic mass is 9.87. The van der Waals surface area contributed by atoms with Gasteiger partial charge in [0.05, 0.1) is 6.54 Å². The molecule has 1 aromatic heterocycles. The summed E-state index contributed by atoms with van der Waals surface area (Å²) in [5.41, 5.74) is 0. The van der Waals surface area contributed by atoms with Crippen LogP contribution in [0.3, 0.4) is 0 Å². The van der Waals surface area contributed by atoms with E-state index in [1.54, 1.807) is 0 Å². The molecule has 2 rings (SSSR count). The first kappa shape index (κ1) is 9.58. The molecular weight excluding hydrogens is 178 g/mol. The highest BCUT2D eigenvalue weighted by molar-refractivity contribution is 4.80. The molecule has 1 fully saturated rings. The zero-order valence-electron chi connectivity index (χ0n) is 8.53. The van der Waals surface area contributed by atoms with Crippen molar-refractivity contribution in [2.24, 2.45) is 5.92 Å². The molecule has 5 nitrogen and oxygen atoms in total. The monoisotopic (exact) mass is 195 g/mol. The average Bonchev–Trinajstić information content (AvgIpc) is 2.70. The molecule has 0 saturated heterocycles. The summed E-state index contributed by atoms with van der Waals surface area (Å²) in [7, 11) is 0. The Morgan fingerprint density at radius 2 is 2.14 bits per heavy atom. The Balaban J connectivity index is 1.71. The minimum atomic E-state index is 0.643. The van der Waals surface area contributed by atoms with E-state index in [1.165, 1.54) is 25.7 Å². The summed E-state index contributed by atoms with van der Waals surface area (Å²) in [4.78, 5) is 0. The third kappa shape index (κ3) is 2.51. The molecule has 0 unspecified atom stereocenters. The highest BCUT2D eigenvalue weighted by Gasteiger charge is 2.17. The third-order valence-corrected chi connectivity index (χ3v) is 2.95. The summed E-state index contributed by atoms with van der Waals surface area (Å²) in [6.45, 7) is 3.06. The van der Waals surface area contributed by atoms with Gasteiger partial charge in [0.15, 0.2) is 5.82 Å². The quantitative estimate of drug-likeness (QED) is 0.751. The molecule has 1 aliphatic carbocycles. The second kappa shape index (κ2) is 4.50. The van der Waals surface area contributed by atoms with Crippen molar-refractivity contribution in [2.45, 2.75) is 45.2 Å². The van der Waals surface area contributed by atoms with Crippen molar-refractivity contribution in [3.8, 4) is 0 Å². The van der Waals surface area contributed by atoms with Crippen LogP contribution in [0.15, 0.2) is 0 Å². The van der Waals surface area contributed by atoms with Crippen LogP contribution < -0.4 is 5.32 Å². The van der Waals surface area contributed by atoms with Gasteiger partial charge in [0, 0.05) is 6.04 Å². The number of nitrogens with zero attached hydrogens (tertiary/aromatic N) is 3. The van der Waals surface area contributed by atoms with Crippen LogP contribution in [0.25, 0.3) is 0 Å². The van der Waals surface area contributed by atoms with E-state index in [2.05, 4.69) is 32.9 Å². The van der Waals surface area contributed by atoms with Crippen LogP contribution in [0.1, 0.15) is 38.4 Å². The molecule has 0 amide bonds. The van der Waals surface area contributed by atoms with Crippen LogP contribution in [0.5, 0.6) is 0 Å². The molecule has 1 heterocycles. The molecule has 0 aromatic carbocycles. The maximum absolute atomic E-state index is 3.91. The Kier molecular flexibility index (Phi) is 3.08. The molecule has 1 saturated carbocycles. The zero-order chi connectivity index (χ0) is 9.80. The van der Waals surface area contributed by atoms with Crippen LogP contribution in [0.2, 0.25) is 0 Å². The molecule has 14 heavy (non-hydrogen) atoms. The molecule has 0 bridgehead atoms. The van der Waals surface area contributed by atoms with Gasteiger partial charge in [-0.05, 0) is 31.6 Å². The Bertz CT molecular complexity index is 250. The number of H-pyrrole nitrogens is 1. The second-order valence-corrected chi connectivity index (χ2v) is 4.17. The summed E-state index contributed by atoms with van der Waals surface area (Å²) in [6, 6.07) is 0.643. The number of nitrogens with one attached hydrogen (secondary N) is 2. The lowest BCUT2D eigenvalue weighted by molar-refractivity contribution is 0.305. The molecule has 1 aliphatic rings. The van der Waals surface area contributed by atoms with E-state index in [0.717, 1.165) is 18.3 Å². The van der Waals surface area contributed by atoms with Crippen LogP contribution in [0.4, 0.5) is 0 Å². The van der Waals surface area contributed by atoms with Crippen LogP contribution in [0, 0.1) is 5.92 Å². The van der Waals surface area contributed by atoms with Gasteiger partial charge in [-0.3, -0.25) is 0 Å². The Morgan fingerprint density at radius 1 is 1.36 bits per heavy atom. The predicted molar refractivity (Wildman–Crippen MR) is 52.4 cm³/mol. The molecule has 2 N–H and O–H groups in total. The second-order valence-electron chi connectivity index (χ2n) is 4.17. The topological polar surface area (TPSA) is 66.5 Å². The number of aromatic amines is 1. The molecular formula is C9H17N5. The fraction of sp³-hybridized carbons (Fsp3) is 0.889. The summed E-state index contributed by atoms with van der Waals surface area (Å²) < 4.78 is 0. The number of rotatable bonds is 3. The van der Waals surface area contributed by atoms with E-state index >= 15 is 0 Å². The van der Waals surface area contributed by atoms with Gasteiger partial charge in [-0.2, -0.15) is 5.21 Å². The van der Waals surface area contributed by atoms with Gasteiger partial charge in [-0.1, -0.05) is 12.1 Å². The molecule has 5 heteroatoms. The normalized spacial score (nSPS) is 27.8. The summed E-state index contributed by atoms with van der Waals surface area (Å²) >= 11 is 0. The first-order valence-corrected chi connectivity index (χ1v) is 5.30. The summed E-state index contributed by atoms with van der Waals surface area (Å²) in [5.74, 6) is 1.65. The molecule has 78 valence electrons. The fourth-order valence-electron chi connectivity index (χ4n) is 1.96. The molecule has 0 aliphatic heterocycles. The van der Waals surface area contributed by atoms with Crippen LogP contribution >= 0.6 is 0 Å². The van der Waals surface area contributed by atoms with Gasteiger partial charge in [-0.25, -0.2) is 0 Å². The predicted octanol–water partition coefficient (Wildman–Crippen LogP) is 0.868. The maximum atomic E-state index is 3.91. The molecule has 0 radical (unpaired) electrons. The van der Waals surface area contributed by atoms with Crippen molar-refractivity contribution >= 4 is 0 Å². The van der Waals surface area contributed by atoms with E-state index in [9.17, 15) is 0 Å². The van der Waals surface area contributed by atoms with E-state index in [4.69, 9.17) is 0 Å². The standard InChI is InChI=1S/C9H17N5/c1-7-2-4-8(5-3-7)10-6-9-11-13-14-12-9/h7-8,10H,2-6H2,1H3,(H,11,12,13,14). The van der Waals surface area contributed by atoms with E-state index in [0.29, 0.717) is 6.04 Å². The van der Waals surface area contributed by atoms with Crippen molar-refractivity contribution in [1.82, 2.24) is 25.9 Å². The van der Waals surface area contributed by atoms with Crippen LogP contribution in [-0.4, -0.2) is 26.7 Å². The van der Waals surface area contributed by atoms with Gasteiger partial charge in [0.1, 0.15) is 0 Å². The van der Waals surface area contributed by atoms with Crippen molar-refractivity contribution in [2.75, 3.05) is 0 Å². The van der Waals surface area contributed by atoms with Gasteiger partial charge in [-0.15, -0.1) is 10.2 Å². The van der Waals surface area contributed by atoms with Gasteiger partial charge in [0.2, 0.25) is 0 Å². The van der Waals surface area contributed by atoms with Gasteiger partial charge in [0.25, 0.3) is 0 Å². The third-order valence-electron chi connectivity index (χ3n) is 2.95. The summed E-state index contributed by atoms with van der Waals surface area (Å²) in [6.07, 6.45) is 5.23. The minimum Gasteiger partial charge on any atom is -0.307 e. The van der Waals surface area contributed by atoms with E-state index < -0.39 is 0 Å². The Hall–Kier alpha value is -0.970. The number of hydrogen-bond donors (Lipinski definition) is 2. The first-order valence-electron chi connectivity index (χ1n) is 5.30. The minimum absolute atomic E-state index is 0.643. The van der Waals surface area contributed by atoms with E-state index in [1.807, 2.05) is 0 Å². The lowest BCUT2D eigenvalue weighted by Crippen LogP contribution is -2.32. The highest BCUT2D eigenvalue weighted by atomic mass is 15.5. The van der Waals surface area contributed by atoms with Crippen molar-refractivity contribution in [1.29, 1.82) is 0 Å². The number of hydrogen-bond acceptors (Lipinski definition) is 4. The first-order chi connectivity index (χ1) is 6.84. The van der Waals surface area contributed by atoms with E-state index in [-0.39, 0.29) is 0 Å². The fourth-order valence-corrected chi connectivity index (χ4v) is 1.96. The SMILES string of the molecule is CC1CCC(NCc2nn[nH]n2)CC1. The molecule has 0 atom stereocenters. The summed E-state index contributed by atoms with van der Waals surface area (Å²) in [5, 5.41) is 17.2.